The Kier molecular flexibility index (Phi) is 3.63. The number of aliphatic hydroxyl groups excluding tert-OH is 1. The van der Waals surface area contributed by atoms with E-state index in [-0.39, 0.29) is 24.2 Å². The third-order valence-electron chi connectivity index (χ3n) is 8.20. The van der Waals surface area contributed by atoms with Crippen molar-refractivity contribution >= 4 is 0 Å². The Morgan fingerprint density at radius 3 is 2.43 bits per heavy atom. The van der Waals surface area contributed by atoms with Gasteiger partial charge in [0.2, 0.25) is 0 Å². The van der Waals surface area contributed by atoms with Crippen LogP contribution in [0.15, 0.2) is 0 Å². The maximum Gasteiger partial charge on any atom is 0.116 e. The Labute approximate surface area is 137 Å². The van der Waals surface area contributed by atoms with Gasteiger partial charge in [-0.3, -0.25) is 0 Å². The molecule has 0 saturated heterocycles. The second kappa shape index (κ2) is 5.14. The first-order chi connectivity index (χ1) is 10.8. The van der Waals surface area contributed by atoms with E-state index in [1.54, 1.807) is 0 Å². The molecule has 2 nitrogen and oxygen atoms in total. The van der Waals surface area contributed by atoms with Crippen molar-refractivity contribution in [2.75, 3.05) is 0 Å². The van der Waals surface area contributed by atoms with E-state index in [9.17, 15) is 14.6 Å². The fourth-order valence-electron chi connectivity index (χ4n) is 6.80. The number of rotatable bonds is 0. The van der Waals surface area contributed by atoms with E-state index in [0.29, 0.717) is 38.5 Å². The first kappa shape index (κ1) is 16.3. The number of fused-ring (bicyclic) bond motifs is 4. The zero-order valence-electron chi connectivity index (χ0n) is 14.1. The SMILES string of the molecule is CC12CCC3CC4(F)CC(O)CCC4CC[C@]3(O)C1CCC2F. The molecule has 0 spiro atoms. The van der Waals surface area contributed by atoms with Crippen molar-refractivity contribution in [2.24, 2.45) is 23.2 Å². The van der Waals surface area contributed by atoms with Crippen LogP contribution >= 0.6 is 0 Å². The highest BCUT2D eigenvalue weighted by Gasteiger charge is 2.63. The van der Waals surface area contributed by atoms with Crippen LogP contribution in [0, 0.1) is 23.2 Å². The van der Waals surface area contributed by atoms with Crippen molar-refractivity contribution < 1.29 is 19.0 Å². The monoisotopic (exact) mass is 328 g/mol. The highest BCUT2D eigenvalue weighted by molar-refractivity contribution is 5.13. The molecule has 7 unspecified atom stereocenters. The smallest absolute Gasteiger partial charge is 0.116 e. The summed E-state index contributed by atoms with van der Waals surface area (Å²) < 4.78 is 30.1. The molecule has 0 aliphatic heterocycles. The summed E-state index contributed by atoms with van der Waals surface area (Å²) in [5, 5.41) is 21.5. The third-order valence-corrected chi connectivity index (χ3v) is 8.20. The Hall–Kier alpha value is -0.220. The van der Waals surface area contributed by atoms with Gasteiger partial charge in [0.15, 0.2) is 0 Å². The van der Waals surface area contributed by atoms with Gasteiger partial charge in [0.1, 0.15) is 11.8 Å². The Morgan fingerprint density at radius 2 is 1.65 bits per heavy atom. The summed E-state index contributed by atoms with van der Waals surface area (Å²) in [6.45, 7) is 2.00. The Morgan fingerprint density at radius 1 is 0.913 bits per heavy atom. The molecule has 0 bridgehead atoms. The van der Waals surface area contributed by atoms with Crippen LogP contribution in [0.1, 0.15) is 71.1 Å². The molecule has 0 radical (unpaired) electrons. The van der Waals surface area contributed by atoms with Gasteiger partial charge in [-0.15, -0.1) is 0 Å². The van der Waals surface area contributed by atoms with Gasteiger partial charge in [0.25, 0.3) is 0 Å². The van der Waals surface area contributed by atoms with Gasteiger partial charge in [-0.1, -0.05) is 6.92 Å². The van der Waals surface area contributed by atoms with Gasteiger partial charge in [0.05, 0.1) is 11.7 Å². The average Bonchev–Trinajstić information content (AvgIpc) is 2.72. The lowest BCUT2D eigenvalue weighted by molar-refractivity contribution is -0.154. The molecule has 4 saturated carbocycles. The van der Waals surface area contributed by atoms with Crippen molar-refractivity contribution in [3.05, 3.63) is 0 Å². The molecule has 0 amide bonds. The Balaban J connectivity index is 1.66. The normalized spacial score (nSPS) is 59.6. The van der Waals surface area contributed by atoms with Gasteiger partial charge in [-0.05, 0) is 75.5 Å². The van der Waals surface area contributed by atoms with Crippen LogP contribution in [0.3, 0.4) is 0 Å². The minimum absolute atomic E-state index is 0.0302. The molecule has 8 atom stereocenters. The predicted octanol–water partition coefficient (Wildman–Crippen LogP) is 3.94. The van der Waals surface area contributed by atoms with E-state index >= 15 is 4.39 Å². The van der Waals surface area contributed by atoms with Crippen molar-refractivity contribution in [1.82, 2.24) is 0 Å². The van der Waals surface area contributed by atoms with Gasteiger partial charge in [-0.25, -0.2) is 8.78 Å². The van der Waals surface area contributed by atoms with Crippen LogP contribution in [-0.4, -0.2) is 33.8 Å². The summed E-state index contributed by atoms with van der Waals surface area (Å²) in [7, 11) is 0. The summed E-state index contributed by atoms with van der Waals surface area (Å²) in [5.41, 5.74) is -2.67. The molecule has 4 fully saturated rings. The fourth-order valence-corrected chi connectivity index (χ4v) is 6.80. The minimum Gasteiger partial charge on any atom is -0.393 e. The van der Waals surface area contributed by atoms with Crippen LogP contribution < -0.4 is 0 Å². The van der Waals surface area contributed by atoms with Gasteiger partial charge < -0.3 is 10.2 Å². The topological polar surface area (TPSA) is 40.5 Å². The Bertz CT molecular complexity index is 486. The quantitative estimate of drug-likeness (QED) is 0.707. The maximum absolute atomic E-state index is 15.6. The van der Waals surface area contributed by atoms with Gasteiger partial charge in [-0.2, -0.15) is 0 Å². The number of aliphatic hydroxyl groups is 2. The number of hydrogen-bond donors (Lipinski definition) is 2. The molecule has 0 aromatic heterocycles. The van der Waals surface area contributed by atoms with E-state index in [0.717, 1.165) is 19.3 Å². The lowest BCUT2D eigenvalue weighted by atomic mass is 9.56. The van der Waals surface area contributed by atoms with Crippen LogP contribution in [0.5, 0.6) is 0 Å². The highest BCUT2D eigenvalue weighted by Crippen LogP contribution is 2.63. The van der Waals surface area contributed by atoms with Gasteiger partial charge in [0, 0.05) is 11.8 Å². The second-order valence-corrected chi connectivity index (χ2v) is 9.24. The molecule has 132 valence electrons. The van der Waals surface area contributed by atoms with Crippen LogP contribution in [0.4, 0.5) is 8.78 Å². The molecule has 4 heteroatoms. The summed E-state index contributed by atoms with van der Waals surface area (Å²) in [6.07, 6.45) is 4.64. The standard InChI is InChI=1S/C19H30F2O2/c1-17-8-6-13-10-18(21)11-14(22)3-2-12(18)7-9-19(13,23)15(17)4-5-16(17)20/h12-16,22-23H,2-11H2,1H3/t12?,13?,14?,15?,16?,17?,18?,19-/m1/s1. The lowest BCUT2D eigenvalue weighted by Gasteiger charge is -2.53. The minimum atomic E-state index is -1.34. The molecular formula is C19H30F2O2. The first-order valence-electron chi connectivity index (χ1n) is 9.51. The third kappa shape index (κ3) is 2.23. The van der Waals surface area contributed by atoms with Crippen LogP contribution in [0.2, 0.25) is 0 Å². The van der Waals surface area contributed by atoms with Crippen molar-refractivity contribution in [3.63, 3.8) is 0 Å². The van der Waals surface area contributed by atoms with E-state index in [1.807, 2.05) is 6.92 Å². The molecular weight excluding hydrogens is 298 g/mol. The summed E-state index contributed by atoms with van der Waals surface area (Å²) in [6, 6.07) is 0. The highest BCUT2D eigenvalue weighted by atomic mass is 19.1. The molecule has 0 aromatic carbocycles. The molecule has 2 N–H and O–H groups in total. The van der Waals surface area contributed by atoms with Crippen molar-refractivity contribution in [1.29, 1.82) is 0 Å². The molecule has 23 heavy (non-hydrogen) atoms. The van der Waals surface area contributed by atoms with Crippen molar-refractivity contribution in [2.45, 2.75) is 94.7 Å². The van der Waals surface area contributed by atoms with E-state index in [4.69, 9.17) is 0 Å². The number of hydrogen-bond acceptors (Lipinski definition) is 2. The van der Waals surface area contributed by atoms with Crippen molar-refractivity contribution in [3.8, 4) is 0 Å². The van der Waals surface area contributed by atoms with Crippen LogP contribution in [-0.2, 0) is 0 Å². The summed E-state index contributed by atoms with van der Waals surface area (Å²) >= 11 is 0. The van der Waals surface area contributed by atoms with E-state index < -0.39 is 29.0 Å². The zero-order chi connectivity index (χ0) is 16.5. The maximum atomic E-state index is 15.6. The van der Waals surface area contributed by atoms with E-state index in [2.05, 4.69) is 0 Å². The number of halogens is 2. The zero-order valence-corrected chi connectivity index (χ0v) is 14.1. The molecule has 4 aliphatic carbocycles. The second-order valence-electron chi connectivity index (χ2n) is 9.24. The number of alkyl halides is 2. The summed E-state index contributed by atoms with van der Waals surface area (Å²) in [5.74, 6) is -0.155. The molecule has 0 heterocycles. The van der Waals surface area contributed by atoms with Gasteiger partial charge >= 0.3 is 0 Å². The average molecular weight is 328 g/mol. The van der Waals surface area contributed by atoms with Crippen LogP contribution in [0.25, 0.3) is 0 Å². The predicted molar refractivity (Wildman–Crippen MR) is 84.4 cm³/mol. The molecule has 4 rings (SSSR count). The lowest BCUT2D eigenvalue weighted by Crippen LogP contribution is -2.55. The first-order valence-corrected chi connectivity index (χ1v) is 9.51. The largest absolute Gasteiger partial charge is 0.393 e. The molecule has 0 aromatic rings. The summed E-state index contributed by atoms with van der Waals surface area (Å²) in [4.78, 5) is 0. The fraction of sp³-hybridized carbons (Fsp3) is 1.00. The van der Waals surface area contributed by atoms with E-state index in [1.165, 1.54) is 0 Å². The molecule has 4 aliphatic rings.